The van der Waals surface area contributed by atoms with E-state index in [1.807, 2.05) is 0 Å². The molecule has 0 fully saturated rings. The molecule has 214 valence electrons. The highest BCUT2D eigenvalue weighted by Crippen LogP contribution is 2.67. The summed E-state index contributed by atoms with van der Waals surface area (Å²) in [6, 6.07) is 0. The third-order valence-electron chi connectivity index (χ3n) is 4.40. The molecule has 0 saturated carbocycles. The van der Waals surface area contributed by atoms with Gasteiger partial charge in [0.1, 0.15) is 0 Å². The lowest BCUT2D eigenvalue weighted by molar-refractivity contribution is -0.350. The van der Waals surface area contributed by atoms with Crippen LogP contribution in [0.5, 0.6) is 0 Å². The maximum Gasteiger partial charge on any atom is 0.443 e. The lowest BCUT2D eigenvalue weighted by Gasteiger charge is -2.45. The Hall–Kier alpha value is -2.58. The molecule has 0 unspecified atom stereocenters. The highest BCUT2D eigenvalue weighted by Gasteiger charge is 2.87. The van der Waals surface area contributed by atoms with Gasteiger partial charge in [0.25, 0.3) is 0 Å². The van der Waals surface area contributed by atoms with Crippen molar-refractivity contribution < 1.29 is 96.6 Å². The van der Waals surface area contributed by atoms with Gasteiger partial charge >= 0.3 is 36.6 Å². The molecule has 0 atom stereocenters. The predicted molar refractivity (Wildman–Crippen MR) is 70.2 cm³/mol. The van der Waals surface area contributed by atoms with Crippen LogP contribution < -0.4 is 0 Å². The van der Waals surface area contributed by atoms with Crippen molar-refractivity contribution in [1.29, 1.82) is 0 Å². The Morgan fingerprint density at radius 3 is 0.892 bits per heavy atom. The van der Waals surface area contributed by atoms with Crippen molar-refractivity contribution in [3.05, 3.63) is 46.0 Å². The summed E-state index contributed by atoms with van der Waals surface area (Å²) in [6.45, 7) is 0. The first-order valence-corrected chi connectivity index (χ1v) is 7.91. The summed E-state index contributed by atoms with van der Waals surface area (Å²) < 4.78 is 295. The number of rotatable bonds is 3. The molecule has 0 bridgehead atoms. The zero-order valence-corrected chi connectivity index (χ0v) is 15.8. The van der Waals surface area contributed by atoms with Crippen LogP contribution in [0.3, 0.4) is 0 Å². The molecule has 0 nitrogen and oxygen atoms in total. The van der Waals surface area contributed by atoms with E-state index < -0.39 is 88.0 Å². The minimum absolute atomic E-state index is 3.73. The highest BCUT2D eigenvalue weighted by atomic mass is 19.4. The standard InChI is InChI=1S/C15F22/c16-2-1(3(17)5(19)6(20)4(2)18)9(12(26,27)28,13(29,30)31)7(8(21)11(23,24)25)10(22,14(32,33)34)15(35,36)37/b8-7+. The van der Waals surface area contributed by atoms with E-state index in [0.29, 0.717) is 0 Å². The van der Waals surface area contributed by atoms with Gasteiger partial charge in [0.15, 0.2) is 23.3 Å². The molecule has 37 heavy (non-hydrogen) atoms. The lowest BCUT2D eigenvalue weighted by Crippen LogP contribution is -2.67. The topological polar surface area (TPSA) is 0 Å². The summed E-state index contributed by atoms with van der Waals surface area (Å²) in [4.78, 5) is 0. The first-order valence-electron chi connectivity index (χ1n) is 7.91. The second-order valence-electron chi connectivity index (χ2n) is 6.53. The average molecular weight is 598 g/mol. The van der Waals surface area contributed by atoms with Gasteiger partial charge in [-0.15, -0.1) is 0 Å². The highest BCUT2D eigenvalue weighted by molar-refractivity contribution is 5.51. The Morgan fingerprint density at radius 2 is 0.676 bits per heavy atom. The van der Waals surface area contributed by atoms with Crippen LogP contribution in [0.25, 0.3) is 0 Å². The van der Waals surface area contributed by atoms with E-state index >= 15 is 0 Å². The van der Waals surface area contributed by atoms with Crippen LogP contribution in [-0.2, 0) is 5.41 Å². The van der Waals surface area contributed by atoms with Crippen LogP contribution >= 0.6 is 0 Å². The number of alkyl halides is 16. The quantitative estimate of drug-likeness (QED) is 0.187. The largest absolute Gasteiger partial charge is 0.443 e. The Labute approximate surface area is 186 Å². The van der Waals surface area contributed by atoms with Gasteiger partial charge in [0.2, 0.25) is 17.1 Å². The molecule has 0 aliphatic rings. The summed E-state index contributed by atoms with van der Waals surface area (Å²) >= 11 is 0. The smallest absolute Gasteiger partial charge is 0.218 e. The molecule has 0 spiro atoms. The van der Waals surface area contributed by atoms with Gasteiger partial charge < -0.3 is 0 Å². The zero-order chi connectivity index (χ0) is 30.1. The first-order chi connectivity index (χ1) is 16.0. The second kappa shape index (κ2) is 8.73. The Morgan fingerprint density at radius 1 is 0.405 bits per heavy atom. The molecular formula is C15F22. The number of hydrogen-bond acceptors (Lipinski definition) is 0. The molecule has 0 aromatic heterocycles. The molecule has 0 heterocycles. The summed E-state index contributed by atoms with van der Waals surface area (Å²) in [7, 11) is 0. The molecule has 0 saturated heterocycles. The first kappa shape index (κ1) is 32.4. The van der Waals surface area contributed by atoms with Crippen molar-refractivity contribution in [3.63, 3.8) is 0 Å². The van der Waals surface area contributed by atoms with Crippen LogP contribution in [0.1, 0.15) is 5.56 Å². The average Bonchev–Trinajstić information content (AvgIpc) is 2.65. The summed E-state index contributed by atoms with van der Waals surface area (Å²) in [5.74, 6) is -26.9. The fraction of sp³-hybridized carbons (Fsp3) is 0.467. The lowest BCUT2D eigenvalue weighted by atomic mass is 9.65. The van der Waals surface area contributed by atoms with E-state index in [-0.39, 0.29) is 0 Å². The molecule has 0 aliphatic heterocycles. The molecule has 0 aliphatic carbocycles. The third-order valence-corrected chi connectivity index (χ3v) is 4.40. The van der Waals surface area contributed by atoms with E-state index in [1.54, 1.807) is 0 Å². The van der Waals surface area contributed by atoms with Gasteiger partial charge in [0, 0.05) is 0 Å². The molecule has 1 rings (SSSR count). The van der Waals surface area contributed by atoms with Crippen molar-refractivity contribution in [1.82, 2.24) is 0 Å². The van der Waals surface area contributed by atoms with Crippen LogP contribution in [0.15, 0.2) is 11.4 Å². The zero-order valence-electron chi connectivity index (χ0n) is 15.8. The van der Waals surface area contributed by atoms with Crippen LogP contribution in [-0.4, -0.2) is 36.6 Å². The Balaban J connectivity index is 5.05. The van der Waals surface area contributed by atoms with E-state index in [4.69, 9.17) is 0 Å². The normalized spacial score (nSPS) is 15.7. The van der Waals surface area contributed by atoms with E-state index in [9.17, 15) is 96.6 Å². The van der Waals surface area contributed by atoms with Crippen molar-refractivity contribution in [3.8, 4) is 0 Å². The maximum atomic E-state index is 14.5. The SMILES string of the molecule is F/C(=C(/C(F)(C(F)(F)F)C(F)(F)F)C(c1c(F)c(F)c(F)c(F)c1F)(C(F)(F)F)C(F)(F)F)C(F)(F)F. The van der Waals surface area contributed by atoms with Gasteiger partial charge in [-0.3, -0.25) is 0 Å². The number of allylic oxidation sites excluding steroid dienone is 2. The minimum atomic E-state index is -8.79. The predicted octanol–water partition coefficient (Wildman–Crippen LogP) is 8.36. The van der Waals surface area contributed by atoms with Crippen LogP contribution in [0, 0.1) is 29.1 Å². The summed E-state index contributed by atoms with van der Waals surface area (Å²) in [5, 5.41) is 0. The molecular weight excluding hydrogens is 598 g/mol. The molecule has 1 aromatic carbocycles. The van der Waals surface area contributed by atoms with E-state index in [2.05, 4.69) is 0 Å². The van der Waals surface area contributed by atoms with Gasteiger partial charge in [-0.05, 0) is 0 Å². The molecule has 1 aromatic rings. The van der Waals surface area contributed by atoms with Crippen LogP contribution in [0.4, 0.5) is 96.6 Å². The molecule has 0 N–H and O–H groups in total. The number of halogens is 22. The van der Waals surface area contributed by atoms with Gasteiger partial charge in [-0.25, -0.2) is 30.7 Å². The second-order valence-corrected chi connectivity index (χ2v) is 6.53. The molecule has 0 amide bonds. The summed E-state index contributed by atoms with van der Waals surface area (Å²) in [5.41, 5.74) is -28.5. The Bertz CT molecular complexity index is 1010. The van der Waals surface area contributed by atoms with Gasteiger partial charge in [0.05, 0.1) is 11.1 Å². The number of benzene rings is 1. The maximum absolute atomic E-state index is 14.5. The van der Waals surface area contributed by atoms with Crippen molar-refractivity contribution in [2.75, 3.05) is 0 Å². The van der Waals surface area contributed by atoms with Gasteiger partial charge in [-0.1, -0.05) is 0 Å². The fourth-order valence-electron chi connectivity index (χ4n) is 2.95. The minimum Gasteiger partial charge on any atom is -0.218 e. The van der Waals surface area contributed by atoms with Crippen molar-refractivity contribution in [2.45, 2.75) is 42.0 Å². The van der Waals surface area contributed by atoms with E-state index in [0.717, 1.165) is 0 Å². The van der Waals surface area contributed by atoms with E-state index in [1.165, 1.54) is 0 Å². The van der Waals surface area contributed by atoms with Crippen molar-refractivity contribution >= 4 is 0 Å². The number of hydrogen-bond donors (Lipinski definition) is 0. The third kappa shape index (κ3) is 4.52. The fourth-order valence-corrected chi connectivity index (χ4v) is 2.95. The monoisotopic (exact) mass is 598 g/mol. The summed E-state index contributed by atoms with van der Waals surface area (Å²) in [6.07, 6.45) is -42.0. The van der Waals surface area contributed by atoms with Crippen molar-refractivity contribution in [2.24, 2.45) is 0 Å². The van der Waals surface area contributed by atoms with Crippen LogP contribution in [0.2, 0.25) is 0 Å². The van der Waals surface area contributed by atoms with Gasteiger partial charge in [-0.2, -0.15) is 65.9 Å². The Kier molecular flexibility index (Phi) is 7.66. The molecule has 22 heteroatoms. The molecule has 0 radical (unpaired) electrons.